The van der Waals surface area contributed by atoms with E-state index in [0.717, 1.165) is 5.56 Å². The molecule has 0 spiro atoms. The van der Waals surface area contributed by atoms with Gasteiger partial charge in [-0.2, -0.15) is 0 Å². The van der Waals surface area contributed by atoms with Crippen LogP contribution in [-0.4, -0.2) is 32.4 Å². The summed E-state index contributed by atoms with van der Waals surface area (Å²) in [7, 11) is 0. The SMILES string of the molecule is CC1(C)N[C@@H](Cc2cc([N+](=O)[O-])c(OCc3ccccc3)c([N+](=O)[O-])c2)C(=O)N1Cc1ccccc1. The van der Waals surface area contributed by atoms with Gasteiger partial charge >= 0.3 is 11.4 Å². The summed E-state index contributed by atoms with van der Waals surface area (Å²) < 4.78 is 5.57. The molecule has 0 saturated carbocycles. The molecule has 1 aliphatic rings. The number of carbonyl (C=O) groups excluding carboxylic acids is 1. The van der Waals surface area contributed by atoms with Crippen molar-refractivity contribution < 1.29 is 19.4 Å². The first-order chi connectivity index (χ1) is 17.2. The van der Waals surface area contributed by atoms with E-state index in [1.54, 1.807) is 29.2 Å². The van der Waals surface area contributed by atoms with E-state index in [9.17, 15) is 25.0 Å². The molecule has 186 valence electrons. The highest BCUT2D eigenvalue weighted by atomic mass is 16.6. The molecule has 10 heteroatoms. The van der Waals surface area contributed by atoms with Crippen LogP contribution in [0.15, 0.2) is 72.8 Å². The number of nitro groups is 2. The summed E-state index contributed by atoms with van der Waals surface area (Å²) in [5.41, 5.74) is 0.277. The van der Waals surface area contributed by atoms with E-state index in [2.05, 4.69) is 5.32 Å². The molecule has 1 fully saturated rings. The third-order valence-electron chi connectivity index (χ3n) is 6.12. The Balaban J connectivity index is 1.60. The van der Waals surface area contributed by atoms with Crippen LogP contribution in [-0.2, 0) is 24.4 Å². The molecule has 10 nitrogen and oxygen atoms in total. The first-order valence-electron chi connectivity index (χ1n) is 11.4. The molecule has 1 atom stereocenters. The monoisotopic (exact) mass is 490 g/mol. The molecule has 1 heterocycles. The second kappa shape index (κ2) is 10.1. The van der Waals surface area contributed by atoms with Gasteiger partial charge in [0.2, 0.25) is 5.91 Å². The van der Waals surface area contributed by atoms with Gasteiger partial charge in [0.15, 0.2) is 0 Å². The van der Waals surface area contributed by atoms with Crippen LogP contribution in [0.2, 0.25) is 0 Å². The van der Waals surface area contributed by atoms with Crippen molar-refractivity contribution in [3.63, 3.8) is 0 Å². The molecule has 1 saturated heterocycles. The summed E-state index contributed by atoms with van der Waals surface area (Å²) in [6, 6.07) is 20.2. The van der Waals surface area contributed by atoms with Gasteiger partial charge < -0.3 is 9.64 Å². The largest absolute Gasteiger partial charge is 0.477 e. The lowest BCUT2D eigenvalue weighted by Gasteiger charge is -2.31. The molecule has 1 N–H and O–H groups in total. The van der Waals surface area contributed by atoms with Gasteiger partial charge in [0, 0.05) is 18.7 Å². The Kier molecular flexibility index (Phi) is 6.98. The number of rotatable bonds is 9. The summed E-state index contributed by atoms with van der Waals surface area (Å²) in [6.45, 7) is 4.08. The van der Waals surface area contributed by atoms with Crippen LogP contribution in [0.1, 0.15) is 30.5 Å². The van der Waals surface area contributed by atoms with Crippen LogP contribution in [0.3, 0.4) is 0 Å². The number of nitrogens with one attached hydrogen (secondary N) is 1. The molecule has 0 bridgehead atoms. The molecular weight excluding hydrogens is 464 g/mol. The maximum absolute atomic E-state index is 13.3. The third-order valence-corrected chi connectivity index (χ3v) is 6.12. The highest BCUT2D eigenvalue weighted by Crippen LogP contribution is 2.39. The summed E-state index contributed by atoms with van der Waals surface area (Å²) >= 11 is 0. The van der Waals surface area contributed by atoms with Gasteiger partial charge in [-0.15, -0.1) is 0 Å². The fraction of sp³-hybridized carbons (Fsp3) is 0.269. The number of benzene rings is 3. The molecule has 0 aliphatic carbocycles. The van der Waals surface area contributed by atoms with Gasteiger partial charge in [-0.1, -0.05) is 60.7 Å². The number of hydrogen-bond acceptors (Lipinski definition) is 7. The molecular formula is C26H26N4O6. The van der Waals surface area contributed by atoms with E-state index in [0.29, 0.717) is 17.7 Å². The molecule has 4 rings (SSSR count). The van der Waals surface area contributed by atoms with Crippen LogP contribution in [0.25, 0.3) is 0 Å². The van der Waals surface area contributed by atoms with Crippen molar-refractivity contribution in [2.45, 2.75) is 45.1 Å². The minimum Gasteiger partial charge on any atom is -0.477 e. The first kappa shape index (κ1) is 24.8. The Morgan fingerprint density at radius 1 is 0.889 bits per heavy atom. The molecule has 1 amide bonds. The third kappa shape index (κ3) is 5.33. The Morgan fingerprint density at radius 3 is 1.94 bits per heavy atom. The van der Waals surface area contributed by atoms with Crippen LogP contribution in [0.4, 0.5) is 11.4 Å². The van der Waals surface area contributed by atoms with Crippen molar-refractivity contribution in [1.29, 1.82) is 0 Å². The molecule has 3 aromatic rings. The molecule has 3 aromatic carbocycles. The number of nitrogens with zero attached hydrogens (tertiary/aromatic N) is 3. The molecule has 1 aliphatic heterocycles. The van der Waals surface area contributed by atoms with E-state index in [1.165, 1.54) is 12.1 Å². The van der Waals surface area contributed by atoms with Crippen molar-refractivity contribution in [3.05, 3.63) is 110 Å². The summed E-state index contributed by atoms with van der Waals surface area (Å²) in [4.78, 5) is 37.2. The van der Waals surface area contributed by atoms with E-state index >= 15 is 0 Å². The maximum Gasteiger partial charge on any atom is 0.318 e. The van der Waals surface area contributed by atoms with Gasteiger partial charge in [-0.05, 0) is 37.0 Å². The molecule has 36 heavy (non-hydrogen) atoms. The fourth-order valence-corrected chi connectivity index (χ4v) is 4.37. The lowest BCUT2D eigenvalue weighted by molar-refractivity contribution is -0.396. The van der Waals surface area contributed by atoms with E-state index in [-0.39, 0.29) is 18.9 Å². The summed E-state index contributed by atoms with van der Waals surface area (Å²) in [5.74, 6) is -0.590. The highest BCUT2D eigenvalue weighted by molar-refractivity contribution is 5.85. The molecule has 0 aromatic heterocycles. The van der Waals surface area contributed by atoms with Crippen LogP contribution in [0, 0.1) is 20.2 Å². The van der Waals surface area contributed by atoms with Gasteiger partial charge in [0.05, 0.1) is 21.6 Å². The zero-order valence-electron chi connectivity index (χ0n) is 19.9. The van der Waals surface area contributed by atoms with Crippen molar-refractivity contribution in [2.75, 3.05) is 0 Å². The average molecular weight is 491 g/mol. The van der Waals surface area contributed by atoms with Crippen LogP contribution in [0.5, 0.6) is 5.75 Å². The number of amides is 1. The van der Waals surface area contributed by atoms with Crippen molar-refractivity contribution in [3.8, 4) is 5.75 Å². The zero-order valence-corrected chi connectivity index (χ0v) is 19.9. The van der Waals surface area contributed by atoms with E-state index in [4.69, 9.17) is 4.74 Å². The minimum absolute atomic E-state index is 0.0498. The number of hydrogen-bond donors (Lipinski definition) is 1. The minimum atomic E-state index is -0.702. The predicted molar refractivity (Wildman–Crippen MR) is 132 cm³/mol. The number of ether oxygens (including phenoxy) is 1. The Hall–Kier alpha value is -4.31. The predicted octanol–water partition coefficient (Wildman–Crippen LogP) is 4.36. The van der Waals surface area contributed by atoms with E-state index in [1.807, 2.05) is 50.2 Å². The Bertz CT molecular complexity index is 1250. The maximum atomic E-state index is 13.3. The van der Waals surface area contributed by atoms with Crippen molar-refractivity contribution in [2.24, 2.45) is 0 Å². The fourth-order valence-electron chi connectivity index (χ4n) is 4.37. The zero-order chi connectivity index (χ0) is 25.9. The topological polar surface area (TPSA) is 128 Å². The smallest absolute Gasteiger partial charge is 0.318 e. The quantitative estimate of drug-likeness (QED) is 0.349. The lowest BCUT2D eigenvalue weighted by atomic mass is 10.0. The summed E-state index contributed by atoms with van der Waals surface area (Å²) in [5, 5.41) is 26.9. The van der Waals surface area contributed by atoms with Crippen LogP contribution >= 0.6 is 0 Å². The second-order valence-electron chi connectivity index (χ2n) is 9.12. The van der Waals surface area contributed by atoms with Crippen LogP contribution < -0.4 is 10.1 Å². The average Bonchev–Trinajstić information content (AvgIpc) is 3.06. The number of nitro benzene ring substituents is 2. The van der Waals surface area contributed by atoms with Gasteiger partial charge in [0.25, 0.3) is 5.75 Å². The van der Waals surface area contributed by atoms with Crippen molar-refractivity contribution in [1.82, 2.24) is 10.2 Å². The van der Waals surface area contributed by atoms with E-state index < -0.39 is 38.7 Å². The van der Waals surface area contributed by atoms with Gasteiger partial charge in [0.1, 0.15) is 6.61 Å². The van der Waals surface area contributed by atoms with Gasteiger partial charge in [-0.25, -0.2) is 0 Å². The first-order valence-corrected chi connectivity index (χ1v) is 11.4. The normalized spacial score (nSPS) is 16.7. The van der Waals surface area contributed by atoms with Gasteiger partial charge in [-0.3, -0.25) is 30.3 Å². The number of carbonyl (C=O) groups is 1. The molecule has 0 unspecified atom stereocenters. The highest BCUT2D eigenvalue weighted by Gasteiger charge is 2.44. The second-order valence-corrected chi connectivity index (χ2v) is 9.12. The Morgan fingerprint density at radius 2 is 1.42 bits per heavy atom. The molecule has 0 radical (unpaired) electrons. The summed E-state index contributed by atoms with van der Waals surface area (Å²) in [6.07, 6.45) is 0.0498. The standard InChI is InChI=1S/C26H26N4O6/c1-26(2)27-21(25(31)28(26)16-18-9-5-3-6-10-18)13-20-14-22(29(32)33)24(23(15-20)30(34)35)36-17-19-11-7-4-8-12-19/h3-12,14-15,21,27H,13,16-17H2,1-2H3/t21-/m0/s1. The Labute approximate surface area is 207 Å². The van der Waals surface area contributed by atoms with Crippen molar-refractivity contribution >= 4 is 17.3 Å². The lowest BCUT2D eigenvalue weighted by Crippen LogP contribution is -2.46.